The molecule has 1 aromatic carbocycles. The summed E-state index contributed by atoms with van der Waals surface area (Å²) in [7, 11) is 0. The molecule has 122 valence electrons. The van der Waals surface area contributed by atoms with Crippen molar-refractivity contribution in [3.05, 3.63) is 23.3 Å². The number of nitrogen functional groups attached to an aromatic ring is 1. The van der Waals surface area contributed by atoms with Gasteiger partial charge in [0.1, 0.15) is 0 Å². The van der Waals surface area contributed by atoms with Crippen molar-refractivity contribution >= 4 is 32.6 Å². The largest absolute Gasteiger partial charge is 0.375 e. The molecule has 23 heavy (non-hydrogen) atoms. The van der Waals surface area contributed by atoms with Gasteiger partial charge in [0.2, 0.25) is 0 Å². The molecule has 1 aromatic heterocycles. The molecule has 1 atom stereocenters. The molecule has 2 saturated heterocycles. The molecular formula is C17H22N4OS. The fourth-order valence-corrected chi connectivity index (χ4v) is 4.86. The van der Waals surface area contributed by atoms with Gasteiger partial charge in [-0.25, -0.2) is 4.98 Å². The van der Waals surface area contributed by atoms with E-state index in [0.717, 1.165) is 53.9 Å². The van der Waals surface area contributed by atoms with E-state index >= 15 is 0 Å². The number of anilines is 1. The minimum absolute atomic E-state index is 0.143. The van der Waals surface area contributed by atoms with Crippen LogP contribution in [-0.4, -0.2) is 42.0 Å². The van der Waals surface area contributed by atoms with Crippen molar-refractivity contribution in [1.29, 1.82) is 0 Å². The Balaban J connectivity index is 1.59. The van der Waals surface area contributed by atoms with Gasteiger partial charge in [0.15, 0.2) is 5.13 Å². The van der Waals surface area contributed by atoms with E-state index in [9.17, 15) is 4.79 Å². The lowest BCUT2D eigenvalue weighted by Crippen LogP contribution is -2.42. The van der Waals surface area contributed by atoms with Crippen LogP contribution in [0.1, 0.15) is 35.2 Å². The van der Waals surface area contributed by atoms with Crippen molar-refractivity contribution in [2.24, 2.45) is 5.41 Å². The maximum absolute atomic E-state index is 12.9. The number of aryl methyl sites for hydroxylation is 1. The Morgan fingerprint density at radius 3 is 3.09 bits per heavy atom. The predicted octanol–water partition coefficient (Wildman–Crippen LogP) is 2.40. The van der Waals surface area contributed by atoms with Crippen LogP contribution < -0.4 is 11.1 Å². The van der Waals surface area contributed by atoms with Crippen molar-refractivity contribution < 1.29 is 4.79 Å². The molecule has 3 heterocycles. The topological polar surface area (TPSA) is 71.2 Å². The molecule has 2 aliphatic rings. The smallest absolute Gasteiger partial charge is 0.253 e. The van der Waals surface area contributed by atoms with Gasteiger partial charge >= 0.3 is 0 Å². The number of nitrogens with two attached hydrogens (primary N) is 1. The highest BCUT2D eigenvalue weighted by atomic mass is 32.1. The predicted molar refractivity (Wildman–Crippen MR) is 93.8 cm³/mol. The third-order valence-corrected chi connectivity index (χ3v) is 6.07. The zero-order valence-electron chi connectivity index (χ0n) is 13.4. The van der Waals surface area contributed by atoms with Gasteiger partial charge in [0.05, 0.1) is 10.2 Å². The summed E-state index contributed by atoms with van der Waals surface area (Å²) in [5.74, 6) is 0.143. The van der Waals surface area contributed by atoms with Crippen LogP contribution >= 0.6 is 11.3 Å². The Labute approximate surface area is 139 Å². The quantitative estimate of drug-likeness (QED) is 0.842. The zero-order chi connectivity index (χ0) is 16.0. The number of thiazole rings is 1. The van der Waals surface area contributed by atoms with Crippen LogP contribution in [-0.2, 0) is 0 Å². The van der Waals surface area contributed by atoms with E-state index < -0.39 is 0 Å². The number of amides is 1. The molecule has 0 bridgehead atoms. The summed E-state index contributed by atoms with van der Waals surface area (Å²) in [6.07, 6.45) is 3.56. The molecule has 1 unspecified atom stereocenters. The summed E-state index contributed by atoms with van der Waals surface area (Å²) >= 11 is 1.45. The second kappa shape index (κ2) is 5.46. The van der Waals surface area contributed by atoms with Crippen molar-refractivity contribution in [2.75, 3.05) is 31.9 Å². The summed E-state index contributed by atoms with van der Waals surface area (Å²) in [4.78, 5) is 19.3. The van der Waals surface area contributed by atoms with E-state index in [0.29, 0.717) is 10.5 Å². The Morgan fingerprint density at radius 1 is 1.43 bits per heavy atom. The third kappa shape index (κ3) is 2.60. The first-order valence-electron chi connectivity index (χ1n) is 8.23. The van der Waals surface area contributed by atoms with Crippen LogP contribution in [0.2, 0.25) is 0 Å². The average molecular weight is 330 g/mol. The second-order valence-corrected chi connectivity index (χ2v) is 8.01. The van der Waals surface area contributed by atoms with Gasteiger partial charge in [-0.2, -0.15) is 0 Å². The molecule has 2 fully saturated rings. The molecule has 1 amide bonds. The van der Waals surface area contributed by atoms with Crippen LogP contribution in [0.25, 0.3) is 10.2 Å². The Kier molecular flexibility index (Phi) is 3.54. The lowest BCUT2D eigenvalue weighted by atomic mass is 9.80. The molecule has 5 nitrogen and oxygen atoms in total. The number of fused-ring (bicyclic) bond motifs is 1. The van der Waals surface area contributed by atoms with Crippen molar-refractivity contribution in [3.63, 3.8) is 0 Å². The number of likely N-dealkylation sites (tertiary alicyclic amines) is 1. The normalized spacial score (nSPS) is 24.7. The summed E-state index contributed by atoms with van der Waals surface area (Å²) in [6, 6.07) is 3.90. The second-order valence-electron chi connectivity index (χ2n) is 6.95. The van der Waals surface area contributed by atoms with Crippen LogP contribution in [0.15, 0.2) is 12.1 Å². The van der Waals surface area contributed by atoms with E-state index in [2.05, 4.69) is 10.3 Å². The van der Waals surface area contributed by atoms with Crippen LogP contribution in [0.4, 0.5) is 5.13 Å². The molecule has 6 heteroatoms. The average Bonchev–Trinajstić information content (AvgIpc) is 3.11. The lowest BCUT2D eigenvalue weighted by Gasteiger charge is -2.33. The number of carbonyl (C=O) groups is 1. The number of nitrogens with one attached hydrogen (secondary N) is 1. The number of benzene rings is 1. The standard InChI is InChI=1S/C17H22N4OS/c1-11-7-12(8-13-14(11)20-16(18)23-13)15(22)21-6-4-17(10-21)3-2-5-19-9-17/h7-8,19H,2-6,9-10H2,1H3,(H2,18,20). The molecule has 0 saturated carbocycles. The first-order valence-corrected chi connectivity index (χ1v) is 9.05. The van der Waals surface area contributed by atoms with Gasteiger partial charge in [-0.15, -0.1) is 0 Å². The number of rotatable bonds is 1. The van der Waals surface area contributed by atoms with Gasteiger partial charge in [-0.1, -0.05) is 11.3 Å². The zero-order valence-corrected chi connectivity index (χ0v) is 14.2. The molecule has 0 aliphatic carbocycles. The molecule has 1 spiro atoms. The number of hydrogen-bond acceptors (Lipinski definition) is 5. The fourth-order valence-electron chi connectivity index (χ4n) is 4.01. The minimum atomic E-state index is 0.143. The molecule has 4 rings (SSSR count). The van der Waals surface area contributed by atoms with Crippen LogP contribution in [0.3, 0.4) is 0 Å². The van der Waals surface area contributed by atoms with Crippen LogP contribution in [0, 0.1) is 12.3 Å². The molecule has 0 radical (unpaired) electrons. The summed E-state index contributed by atoms with van der Waals surface area (Å²) in [6.45, 7) is 5.89. The number of piperidine rings is 1. The monoisotopic (exact) mass is 330 g/mol. The SMILES string of the molecule is Cc1cc(C(=O)N2CCC3(CCCNC3)C2)cc2sc(N)nc12. The van der Waals surface area contributed by atoms with Gasteiger partial charge in [0.25, 0.3) is 5.91 Å². The van der Waals surface area contributed by atoms with E-state index in [1.54, 1.807) is 0 Å². The number of carbonyl (C=O) groups excluding carboxylic acids is 1. The first-order chi connectivity index (χ1) is 11.1. The minimum Gasteiger partial charge on any atom is -0.375 e. The Hall–Kier alpha value is -1.66. The first kappa shape index (κ1) is 14.9. The summed E-state index contributed by atoms with van der Waals surface area (Å²) in [5, 5.41) is 4.05. The maximum atomic E-state index is 12.9. The van der Waals surface area contributed by atoms with E-state index in [4.69, 9.17) is 5.73 Å². The fraction of sp³-hybridized carbons (Fsp3) is 0.529. The molecule has 2 aliphatic heterocycles. The molecule has 2 aromatic rings. The lowest BCUT2D eigenvalue weighted by molar-refractivity contribution is 0.0764. The van der Waals surface area contributed by atoms with E-state index in [1.807, 2.05) is 24.0 Å². The summed E-state index contributed by atoms with van der Waals surface area (Å²) < 4.78 is 0.999. The maximum Gasteiger partial charge on any atom is 0.253 e. The van der Waals surface area contributed by atoms with Crippen LogP contribution in [0.5, 0.6) is 0 Å². The third-order valence-electron chi connectivity index (χ3n) is 5.24. The highest BCUT2D eigenvalue weighted by molar-refractivity contribution is 7.22. The van der Waals surface area contributed by atoms with Crippen molar-refractivity contribution in [1.82, 2.24) is 15.2 Å². The van der Waals surface area contributed by atoms with E-state index in [-0.39, 0.29) is 5.91 Å². The van der Waals surface area contributed by atoms with Crippen molar-refractivity contribution in [2.45, 2.75) is 26.2 Å². The van der Waals surface area contributed by atoms with Gasteiger partial charge in [-0.3, -0.25) is 4.79 Å². The highest BCUT2D eigenvalue weighted by Gasteiger charge is 2.40. The molecule has 3 N–H and O–H groups in total. The number of nitrogens with zero attached hydrogens (tertiary/aromatic N) is 2. The van der Waals surface area contributed by atoms with Gasteiger partial charge < -0.3 is 16.0 Å². The molecular weight excluding hydrogens is 308 g/mol. The highest BCUT2D eigenvalue weighted by Crippen LogP contribution is 2.37. The number of hydrogen-bond donors (Lipinski definition) is 2. The Morgan fingerprint density at radius 2 is 2.30 bits per heavy atom. The van der Waals surface area contributed by atoms with E-state index in [1.165, 1.54) is 24.2 Å². The Bertz CT molecular complexity index is 763. The number of aromatic nitrogens is 1. The van der Waals surface area contributed by atoms with Gasteiger partial charge in [-0.05, 0) is 50.4 Å². The van der Waals surface area contributed by atoms with Gasteiger partial charge in [0, 0.05) is 30.6 Å². The summed E-state index contributed by atoms with van der Waals surface area (Å²) in [5.41, 5.74) is 8.80. The van der Waals surface area contributed by atoms with Crippen molar-refractivity contribution in [3.8, 4) is 0 Å².